The second-order valence-corrected chi connectivity index (χ2v) is 4.12. The number of thiocarbonyl (C=S) groups is 1. The maximum atomic E-state index is 10.6. The van der Waals surface area contributed by atoms with Gasteiger partial charge in [-0.05, 0) is 31.5 Å². The van der Waals surface area contributed by atoms with Crippen molar-refractivity contribution >= 4 is 28.2 Å². The van der Waals surface area contributed by atoms with Crippen LogP contribution in [0, 0.1) is 0 Å². The summed E-state index contributed by atoms with van der Waals surface area (Å²) in [6, 6.07) is 0. The molecule has 0 amide bonds. The van der Waals surface area contributed by atoms with Crippen LogP contribution in [-0.2, 0) is 10.8 Å². The molecule has 0 aromatic heterocycles. The zero-order chi connectivity index (χ0) is 9.23. The molecule has 0 aromatic rings. The first-order valence-electron chi connectivity index (χ1n) is 3.79. The van der Waals surface area contributed by atoms with E-state index in [0.29, 0.717) is 0 Å². The summed E-state index contributed by atoms with van der Waals surface area (Å²) in [5.74, 6) is 0.796. The lowest BCUT2D eigenvalue weighted by Gasteiger charge is -1.93. The van der Waals surface area contributed by atoms with E-state index in [1.807, 2.05) is 6.08 Å². The van der Waals surface area contributed by atoms with Crippen molar-refractivity contribution < 1.29 is 4.21 Å². The summed E-state index contributed by atoms with van der Waals surface area (Å²) in [7, 11) is -0.651. The Morgan fingerprint density at radius 2 is 2.33 bits per heavy atom. The van der Waals surface area contributed by atoms with Crippen LogP contribution >= 0.6 is 12.2 Å². The molecule has 2 nitrogen and oxygen atoms in total. The predicted molar refractivity (Wildman–Crippen MR) is 57.0 cm³/mol. The zero-order valence-corrected chi connectivity index (χ0v) is 8.79. The molecule has 0 N–H and O–H groups in total. The highest BCUT2D eigenvalue weighted by molar-refractivity contribution is 7.84. The maximum Gasteiger partial charge on any atom is 0.0634 e. The molecule has 0 heterocycles. The van der Waals surface area contributed by atoms with Gasteiger partial charge in [0.15, 0.2) is 0 Å². The standard InChI is InChI=1S/C8H13NOS2/c1-12(10)7-5-3-2-4-6-9-8-11/h4,6H,2-3,5,7H2,1H3. The van der Waals surface area contributed by atoms with Crippen LogP contribution in [0.25, 0.3) is 0 Å². The van der Waals surface area contributed by atoms with E-state index in [1.54, 1.807) is 12.5 Å². The summed E-state index contributed by atoms with van der Waals surface area (Å²) < 4.78 is 10.6. The first kappa shape index (κ1) is 11.7. The molecule has 12 heavy (non-hydrogen) atoms. The maximum absolute atomic E-state index is 10.6. The van der Waals surface area contributed by atoms with Crippen molar-refractivity contribution in [1.82, 2.24) is 0 Å². The van der Waals surface area contributed by atoms with E-state index in [-0.39, 0.29) is 0 Å². The van der Waals surface area contributed by atoms with Crippen LogP contribution in [0.1, 0.15) is 19.3 Å². The summed E-state index contributed by atoms with van der Waals surface area (Å²) in [5, 5.41) is 2.25. The van der Waals surface area contributed by atoms with Crippen molar-refractivity contribution in [2.24, 2.45) is 4.99 Å². The molecule has 0 aliphatic rings. The van der Waals surface area contributed by atoms with Gasteiger partial charge >= 0.3 is 0 Å². The molecule has 0 rings (SSSR count). The van der Waals surface area contributed by atoms with Crippen LogP contribution in [0.4, 0.5) is 0 Å². The van der Waals surface area contributed by atoms with Gasteiger partial charge in [0.05, 0.1) is 5.16 Å². The van der Waals surface area contributed by atoms with Crippen molar-refractivity contribution in [3.05, 3.63) is 12.3 Å². The van der Waals surface area contributed by atoms with Crippen molar-refractivity contribution in [3.8, 4) is 0 Å². The highest BCUT2D eigenvalue weighted by atomic mass is 32.2. The minimum atomic E-state index is -0.651. The molecule has 0 aliphatic heterocycles. The Morgan fingerprint density at radius 1 is 1.58 bits per heavy atom. The zero-order valence-electron chi connectivity index (χ0n) is 7.16. The highest BCUT2D eigenvalue weighted by Gasteiger charge is 1.89. The molecule has 0 spiro atoms. The smallest absolute Gasteiger partial charge is 0.0634 e. The molecule has 0 aromatic carbocycles. The number of aliphatic imine (C=N–C) groups is 1. The van der Waals surface area contributed by atoms with E-state index in [4.69, 9.17) is 0 Å². The number of hydrogen-bond acceptors (Lipinski definition) is 3. The van der Waals surface area contributed by atoms with Gasteiger partial charge in [0.2, 0.25) is 0 Å². The molecule has 0 fully saturated rings. The fourth-order valence-corrected chi connectivity index (χ4v) is 1.40. The van der Waals surface area contributed by atoms with Crippen molar-refractivity contribution in [1.29, 1.82) is 0 Å². The van der Waals surface area contributed by atoms with Gasteiger partial charge in [-0.1, -0.05) is 6.08 Å². The number of nitrogens with zero attached hydrogens (tertiary/aromatic N) is 1. The first-order chi connectivity index (χ1) is 5.77. The second kappa shape index (κ2) is 8.78. The molecule has 0 saturated carbocycles. The van der Waals surface area contributed by atoms with Crippen LogP contribution in [0.2, 0.25) is 0 Å². The lowest BCUT2D eigenvalue weighted by Crippen LogP contribution is -1.92. The Hall–Kier alpha value is -0.310. The van der Waals surface area contributed by atoms with Gasteiger partial charge < -0.3 is 0 Å². The van der Waals surface area contributed by atoms with Crippen LogP contribution in [0.3, 0.4) is 0 Å². The van der Waals surface area contributed by atoms with Gasteiger partial charge in [-0.25, -0.2) is 4.99 Å². The number of isothiocyanates is 1. The monoisotopic (exact) mass is 203 g/mol. The third kappa shape index (κ3) is 9.69. The SMILES string of the molecule is CS(=O)CCCCC=CN=C=S. The molecular weight excluding hydrogens is 190 g/mol. The van der Waals surface area contributed by atoms with E-state index in [9.17, 15) is 4.21 Å². The lowest BCUT2D eigenvalue weighted by molar-refractivity contribution is 0.682. The van der Waals surface area contributed by atoms with Crippen molar-refractivity contribution in [3.63, 3.8) is 0 Å². The quantitative estimate of drug-likeness (QED) is 0.376. The predicted octanol–water partition coefficient (Wildman–Crippen LogP) is 2.15. The van der Waals surface area contributed by atoms with Gasteiger partial charge in [0, 0.05) is 29.0 Å². The Morgan fingerprint density at radius 3 is 2.92 bits per heavy atom. The molecule has 1 unspecified atom stereocenters. The third-order valence-corrected chi connectivity index (χ3v) is 2.25. The van der Waals surface area contributed by atoms with Crippen LogP contribution < -0.4 is 0 Å². The minimum Gasteiger partial charge on any atom is -0.260 e. The molecule has 0 radical (unpaired) electrons. The molecule has 4 heteroatoms. The van der Waals surface area contributed by atoms with Crippen molar-refractivity contribution in [2.75, 3.05) is 12.0 Å². The largest absolute Gasteiger partial charge is 0.260 e. The van der Waals surface area contributed by atoms with Gasteiger partial charge in [-0.15, -0.1) is 0 Å². The van der Waals surface area contributed by atoms with E-state index in [1.165, 1.54) is 0 Å². The average Bonchev–Trinajstić information content (AvgIpc) is 2.02. The van der Waals surface area contributed by atoms with Crippen molar-refractivity contribution in [2.45, 2.75) is 19.3 Å². The van der Waals surface area contributed by atoms with Crippen LogP contribution in [-0.4, -0.2) is 21.4 Å². The molecule has 0 bridgehead atoms. The number of unbranched alkanes of at least 4 members (excludes halogenated alkanes) is 2. The minimum absolute atomic E-state index is 0.651. The molecule has 0 aliphatic carbocycles. The van der Waals surface area contributed by atoms with Crippen LogP contribution in [0.5, 0.6) is 0 Å². The summed E-state index contributed by atoms with van der Waals surface area (Å²) in [6.07, 6.45) is 8.36. The normalized spacial score (nSPS) is 12.8. The summed E-state index contributed by atoms with van der Waals surface area (Å²) in [4.78, 5) is 3.63. The van der Waals surface area contributed by atoms with Gasteiger partial charge in [0.25, 0.3) is 0 Å². The number of rotatable bonds is 6. The fourth-order valence-electron chi connectivity index (χ4n) is 0.725. The first-order valence-corrected chi connectivity index (χ1v) is 5.93. The number of hydrogen-bond donors (Lipinski definition) is 0. The Bertz CT molecular complexity index is 207. The summed E-state index contributed by atoms with van der Waals surface area (Å²) in [6.45, 7) is 0. The Balaban J connectivity index is 3.21. The fraction of sp³-hybridized carbons (Fsp3) is 0.625. The molecule has 68 valence electrons. The third-order valence-electron chi connectivity index (χ3n) is 1.29. The summed E-state index contributed by atoms with van der Waals surface area (Å²) >= 11 is 4.38. The molecular formula is C8H13NOS2. The Labute approximate surface area is 81.2 Å². The van der Waals surface area contributed by atoms with E-state index < -0.39 is 10.8 Å². The highest BCUT2D eigenvalue weighted by Crippen LogP contribution is 1.97. The van der Waals surface area contributed by atoms with E-state index in [2.05, 4.69) is 22.4 Å². The molecule has 0 saturated heterocycles. The second-order valence-electron chi connectivity index (χ2n) is 2.38. The molecule has 1 atom stereocenters. The Kier molecular flexibility index (Phi) is 8.56. The summed E-state index contributed by atoms with van der Waals surface area (Å²) in [5.41, 5.74) is 0. The van der Waals surface area contributed by atoms with Crippen LogP contribution in [0.15, 0.2) is 17.3 Å². The van der Waals surface area contributed by atoms with Gasteiger partial charge in [-0.2, -0.15) is 0 Å². The van der Waals surface area contributed by atoms with E-state index >= 15 is 0 Å². The van der Waals surface area contributed by atoms with Gasteiger partial charge in [0.1, 0.15) is 0 Å². The average molecular weight is 203 g/mol. The topological polar surface area (TPSA) is 29.4 Å². The van der Waals surface area contributed by atoms with Gasteiger partial charge in [-0.3, -0.25) is 4.21 Å². The number of allylic oxidation sites excluding steroid dienone is 1. The lowest BCUT2D eigenvalue weighted by atomic mass is 10.2. The van der Waals surface area contributed by atoms with E-state index in [0.717, 1.165) is 25.0 Å².